The zero-order chi connectivity index (χ0) is 13.3. The Morgan fingerprint density at radius 3 is 2.83 bits per heavy atom. The Morgan fingerprint density at radius 1 is 1.50 bits per heavy atom. The Labute approximate surface area is 109 Å². The highest BCUT2D eigenvalue weighted by Crippen LogP contribution is 2.23. The molecule has 94 valence electrons. The highest BCUT2D eigenvalue weighted by molar-refractivity contribution is 6.30. The number of nitrogen functional groups attached to an aromatic ring is 1. The minimum absolute atomic E-state index is 0.104. The number of rotatable bonds is 2. The lowest BCUT2D eigenvalue weighted by atomic mass is 10.2. The summed E-state index contributed by atoms with van der Waals surface area (Å²) < 4.78 is 6.22. The van der Waals surface area contributed by atoms with E-state index in [2.05, 4.69) is 9.72 Å². The summed E-state index contributed by atoms with van der Waals surface area (Å²) >= 11 is 5.89. The van der Waals surface area contributed by atoms with E-state index in [1.165, 1.54) is 13.4 Å². The molecule has 0 fully saturated rings. The van der Waals surface area contributed by atoms with E-state index in [-0.39, 0.29) is 11.5 Å². The molecule has 0 aliphatic rings. The predicted octanol–water partition coefficient (Wildman–Crippen LogP) is 2.20. The molecule has 1 aromatic heterocycles. The van der Waals surface area contributed by atoms with Crippen molar-refractivity contribution in [3.63, 3.8) is 0 Å². The van der Waals surface area contributed by atoms with Gasteiger partial charge in [-0.3, -0.25) is 4.57 Å². The number of halogens is 1. The second-order valence-electron chi connectivity index (χ2n) is 3.77. The van der Waals surface area contributed by atoms with Gasteiger partial charge in [-0.15, -0.1) is 0 Å². The minimum atomic E-state index is -0.558. The normalized spacial score (nSPS) is 10.4. The molecule has 6 heteroatoms. The number of hydrogen-bond donors (Lipinski definition) is 1. The van der Waals surface area contributed by atoms with Gasteiger partial charge < -0.3 is 10.5 Å². The van der Waals surface area contributed by atoms with Gasteiger partial charge >= 0.3 is 5.97 Å². The zero-order valence-electron chi connectivity index (χ0n) is 9.98. The molecule has 0 radical (unpaired) electrons. The number of anilines is 1. The van der Waals surface area contributed by atoms with Crippen LogP contribution in [-0.4, -0.2) is 22.6 Å². The Hall–Kier alpha value is -2.01. The summed E-state index contributed by atoms with van der Waals surface area (Å²) in [6.45, 7) is 1.90. The Bertz CT molecular complexity index is 607. The van der Waals surface area contributed by atoms with Gasteiger partial charge in [-0.1, -0.05) is 11.6 Å². The third-order valence-corrected chi connectivity index (χ3v) is 2.84. The molecular formula is C12H12ClN3O2. The lowest BCUT2D eigenvalue weighted by molar-refractivity contribution is 0.0596. The number of benzene rings is 1. The standard InChI is InChI=1S/C12H12ClN3O2/c1-7-5-8(13)3-4-9(7)16-6-15-10(11(16)14)12(17)18-2/h3-6H,14H2,1-2H3. The molecular weight excluding hydrogens is 254 g/mol. The predicted molar refractivity (Wildman–Crippen MR) is 69.1 cm³/mol. The van der Waals surface area contributed by atoms with Crippen LogP contribution in [0.15, 0.2) is 24.5 Å². The largest absolute Gasteiger partial charge is 0.464 e. The molecule has 0 saturated carbocycles. The van der Waals surface area contributed by atoms with Crippen LogP contribution < -0.4 is 5.73 Å². The fourth-order valence-corrected chi connectivity index (χ4v) is 1.92. The van der Waals surface area contributed by atoms with Crippen molar-refractivity contribution < 1.29 is 9.53 Å². The quantitative estimate of drug-likeness (QED) is 0.845. The summed E-state index contributed by atoms with van der Waals surface area (Å²) in [5.41, 5.74) is 7.74. The van der Waals surface area contributed by atoms with E-state index in [1.807, 2.05) is 19.1 Å². The molecule has 2 rings (SSSR count). The van der Waals surface area contributed by atoms with Crippen LogP contribution in [0.1, 0.15) is 16.1 Å². The van der Waals surface area contributed by atoms with Crippen molar-refractivity contribution in [1.29, 1.82) is 0 Å². The average molecular weight is 266 g/mol. The van der Waals surface area contributed by atoms with Gasteiger partial charge in [-0.2, -0.15) is 0 Å². The number of aryl methyl sites for hydroxylation is 1. The van der Waals surface area contributed by atoms with Gasteiger partial charge in [0, 0.05) is 5.02 Å². The lowest BCUT2D eigenvalue weighted by Gasteiger charge is -2.09. The van der Waals surface area contributed by atoms with Crippen LogP contribution >= 0.6 is 11.6 Å². The first-order chi connectivity index (χ1) is 8.54. The minimum Gasteiger partial charge on any atom is -0.464 e. The van der Waals surface area contributed by atoms with Gasteiger partial charge in [0.1, 0.15) is 12.1 Å². The first kappa shape index (κ1) is 12.4. The van der Waals surface area contributed by atoms with Gasteiger partial charge in [0.15, 0.2) is 5.69 Å². The van der Waals surface area contributed by atoms with E-state index >= 15 is 0 Å². The summed E-state index contributed by atoms with van der Waals surface area (Å²) in [7, 11) is 1.29. The molecule has 1 aromatic carbocycles. The maximum atomic E-state index is 11.4. The number of imidazole rings is 1. The van der Waals surface area contributed by atoms with Gasteiger partial charge in [0.25, 0.3) is 0 Å². The second-order valence-corrected chi connectivity index (χ2v) is 4.21. The highest BCUT2D eigenvalue weighted by atomic mass is 35.5. The van der Waals surface area contributed by atoms with Crippen molar-refractivity contribution in [3.05, 3.63) is 40.8 Å². The van der Waals surface area contributed by atoms with Crippen molar-refractivity contribution in [1.82, 2.24) is 9.55 Å². The molecule has 0 atom stereocenters. The van der Waals surface area contributed by atoms with E-state index in [1.54, 1.807) is 10.6 Å². The SMILES string of the molecule is COC(=O)c1ncn(-c2ccc(Cl)cc2C)c1N. The Morgan fingerprint density at radius 2 is 2.22 bits per heavy atom. The van der Waals surface area contributed by atoms with E-state index in [4.69, 9.17) is 17.3 Å². The third-order valence-electron chi connectivity index (χ3n) is 2.60. The van der Waals surface area contributed by atoms with Crippen molar-refractivity contribution in [2.24, 2.45) is 0 Å². The van der Waals surface area contributed by atoms with Crippen molar-refractivity contribution in [3.8, 4) is 5.69 Å². The van der Waals surface area contributed by atoms with Gasteiger partial charge in [-0.05, 0) is 30.7 Å². The molecule has 1 heterocycles. The van der Waals surface area contributed by atoms with Crippen molar-refractivity contribution in [2.45, 2.75) is 6.92 Å². The highest BCUT2D eigenvalue weighted by Gasteiger charge is 2.17. The number of carbonyl (C=O) groups is 1. The fourth-order valence-electron chi connectivity index (χ4n) is 1.69. The molecule has 0 aliphatic heterocycles. The topological polar surface area (TPSA) is 70.1 Å². The zero-order valence-corrected chi connectivity index (χ0v) is 10.7. The van der Waals surface area contributed by atoms with Crippen LogP contribution in [0, 0.1) is 6.92 Å². The summed E-state index contributed by atoms with van der Waals surface area (Å²) in [5.74, 6) is -0.315. The molecule has 0 aliphatic carbocycles. The molecule has 18 heavy (non-hydrogen) atoms. The summed E-state index contributed by atoms with van der Waals surface area (Å²) in [6, 6.07) is 5.38. The van der Waals surface area contributed by atoms with Gasteiger partial charge in [0.2, 0.25) is 0 Å². The number of esters is 1. The number of carbonyl (C=O) groups excluding carboxylic acids is 1. The van der Waals surface area contributed by atoms with Crippen LogP contribution in [0.5, 0.6) is 0 Å². The molecule has 0 spiro atoms. The molecule has 0 amide bonds. The van der Waals surface area contributed by atoms with Crippen molar-refractivity contribution >= 4 is 23.4 Å². The molecule has 0 unspecified atom stereocenters. The monoisotopic (exact) mass is 265 g/mol. The molecule has 2 aromatic rings. The fraction of sp³-hybridized carbons (Fsp3) is 0.167. The number of nitrogens with zero attached hydrogens (tertiary/aromatic N) is 2. The van der Waals surface area contributed by atoms with Gasteiger partial charge in [0.05, 0.1) is 12.8 Å². The number of hydrogen-bond acceptors (Lipinski definition) is 4. The number of methoxy groups -OCH3 is 1. The van der Waals surface area contributed by atoms with Gasteiger partial charge in [-0.25, -0.2) is 9.78 Å². The number of nitrogens with two attached hydrogens (primary N) is 1. The van der Waals surface area contributed by atoms with Crippen molar-refractivity contribution in [2.75, 3.05) is 12.8 Å². The van der Waals surface area contributed by atoms with Crippen LogP contribution in [0.25, 0.3) is 5.69 Å². The maximum Gasteiger partial charge on any atom is 0.360 e. The summed E-state index contributed by atoms with van der Waals surface area (Å²) in [5, 5.41) is 0.642. The van der Waals surface area contributed by atoms with Crippen LogP contribution in [0.4, 0.5) is 5.82 Å². The number of ether oxygens (including phenoxy) is 1. The first-order valence-corrected chi connectivity index (χ1v) is 5.60. The molecule has 5 nitrogen and oxygen atoms in total. The second kappa shape index (κ2) is 4.70. The maximum absolute atomic E-state index is 11.4. The summed E-state index contributed by atoms with van der Waals surface area (Å²) in [4.78, 5) is 15.4. The lowest BCUT2D eigenvalue weighted by Crippen LogP contribution is -2.08. The van der Waals surface area contributed by atoms with Crippen LogP contribution in [-0.2, 0) is 4.74 Å². The van der Waals surface area contributed by atoms with E-state index in [0.717, 1.165) is 11.3 Å². The smallest absolute Gasteiger partial charge is 0.360 e. The average Bonchev–Trinajstić information content (AvgIpc) is 2.70. The molecule has 0 bridgehead atoms. The van der Waals surface area contributed by atoms with Crippen LogP contribution in [0.2, 0.25) is 5.02 Å². The number of aromatic nitrogens is 2. The van der Waals surface area contributed by atoms with E-state index < -0.39 is 5.97 Å². The Kier molecular flexibility index (Phi) is 3.25. The molecule has 0 saturated heterocycles. The van der Waals surface area contributed by atoms with E-state index in [0.29, 0.717) is 5.02 Å². The Balaban J connectivity index is 2.52. The first-order valence-electron chi connectivity index (χ1n) is 5.22. The van der Waals surface area contributed by atoms with Crippen LogP contribution in [0.3, 0.4) is 0 Å². The molecule has 2 N–H and O–H groups in total. The third kappa shape index (κ3) is 2.04. The van der Waals surface area contributed by atoms with E-state index in [9.17, 15) is 4.79 Å². The summed E-state index contributed by atoms with van der Waals surface area (Å²) in [6.07, 6.45) is 1.48.